The van der Waals surface area contributed by atoms with Gasteiger partial charge in [0, 0.05) is 16.7 Å². The molecule has 0 saturated carbocycles. The lowest BCUT2D eigenvalue weighted by Crippen LogP contribution is -2.20. The Bertz CT molecular complexity index is 742. The largest absolute Gasteiger partial charge is 0.452 e. The third-order valence-corrected chi connectivity index (χ3v) is 4.10. The van der Waals surface area contributed by atoms with Crippen LogP contribution in [-0.2, 0) is 14.3 Å². The zero-order valence-electron chi connectivity index (χ0n) is 13.6. The summed E-state index contributed by atoms with van der Waals surface area (Å²) in [5, 5.41) is 4.34. The molecule has 0 saturated heterocycles. The van der Waals surface area contributed by atoms with E-state index in [9.17, 15) is 9.59 Å². The number of ether oxygens (including phenoxy) is 1. The van der Waals surface area contributed by atoms with Crippen molar-refractivity contribution in [2.24, 2.45) is 0 Å². The van der Waals surface area contributed by atoms with Gasteiger partial charge in [0.1, 0.15) is 0 Å². The summed E-state index contributed by atoms with van der Waals surface area (Å²) in [6.07, 6.45) is 1.31. The van der Waals surface area contributed by atoms with E-state index < -0.39 is 5.97 Å². The lowest BCUT2D eigenvalue weighted by atomic mass is 10.1. The molecule has 24 heavy (non-hydrogen) atoms. The Labute approximate surface area is 145 Å². The van der Waals surface area contributed by atoms with E-state index in [-0.39, 0.29) is 12.5 Å². The van der Waals surface area contributed by atoms with E-state index in [0.717, 1.165) is 16.0 Å². The number of hydrogen-bond acceptors (Lipinski definition) is 4. The van der Waals surface area contributed by atoms with Gasteiger partial charge in [-0.15, -0.1) is 0 Å². The molecule has 0 spiro atoms. The molecule has 1 amide bonds. The average molecular weight is 341 g/mol. The average Bonchev–Trinajstić information content (AvgIpc) is 2.57. The number of hydrogen-bond donors (Lipinski definition) is 1. The normalized spacial score (nSPS) is 10.6. The highest BCUT2D eigenvalue weighted by atomic mass is 32.2. The summed E-state index contributed by atoms with van der Waals surface area (Å²) < 4.78 is 4.92. The number of esters is 1. The highest BCUT2D eigenvalue weighted by Crippen LogP contribution is 2.18. The minimum Gasteiger partial charge on any atom is -0.452 e. The quantitative estimate of drug-likeness (QED) is 0.488. The molecule has 2 rings (SSSR count). The standard InChI is InChI=1S/C19H19NO3S/c1-14-8-9-16(12-15(14)2)20-18(21)13-23-19(22)10-11-24-17-6-4-3-5-7-17/h3-12H,13H2,1-2H3,(H,20,21)/b11-10+. The molecular weight excluding hydrogens is 322 g/mol. The molecule has 0 aliphatic heterocycles. The first kappa shape index (κ1) is 17.8. The van der Waals surface area contributed by atoms with Gasteiger partial charge in [-0.2, -0.15) is 0 Å². The van der Waals surface area contributed by atoms with Crippen LogP contribution in [-0.4, -0.2) is 18.5 Å². The predicted molar refractivity (Wildman–Crippen MR) is 96.9 cm³/mol. The number of amides is 1. The third kappa shape index (κ3) is 5.93. The van der Waals surface area contributed by atoms with Gasteiger partial charge in [0.15, 0.2) is 6.61 Å². The minimum absolute atomic E-state index is 0.313. The molecule has 0 unspecified atom stereocenters. The van der Waals surface area contributed by atoms with Crippen molar-refractivity contribution in [2.75, 3.05) is 11.9 Å². The second-order valence-corrected chi connectivity index (χ2v) is 6.17. The maximum atomic E-state index is 11.8. The molecule has 124 valence electrons. The highest BCUT2D eigenvalue weighted by molar-refractivity contribution is 8.02. The summed E-state index contributed by atoms with van der Waals surface area (Å²) in [4.78, 5) is 24.4. The van der Waals surface area contributed by atoms with Crippen molar-refractivity contribution in [1.82, 2.24) is 0 Å². The number of anilines is 1. The Morgan fingerprint density at radius 1 is 1.08 bits per heavy atom. The van der Waals surface area contributed by atoms with Crippen LogP contribution in [0.5, 0.6) is 0 Å². The maximum Gasteiger partial charge on any atom is 0.331 e. The minimum atomic E-state index is -0.548. The zero-order valence-corrected chi connectivity index (χ0v) is 14.4. The fraction of sp³-hybridized carbons (Fsp3) is 0.158. The van der Waals surface area contributed by atoms with Crippen molar-refractivity contribution in [1.29, 1.82) is 0 Å². The Kier molecular flexibility index (Phi) is 6.63. The van der Waals surface area contributed by atoms with Crippen LogP contribution in [0, 0.1) is 13.8 Å². The fourth-order valence-corrected chi connectivity index (χ4v) is 2.52. The molecule has 0 atom stereocenters. The SMILES string of the molecule is Cc1ccc(NC(=O)COC(=O)/C=C/Sc2ccccc2)cc1C. The van der Waals surface area contributed by atoms with Gasteiger partial charge in [0.2, 0.25) is 0 Å². The third-order valence-electron chi connectivity index (χ3n) is 3.29. The molecule has 0 radical (unpaired) electrons. The Morgan fingerprint density at radius 3 is 2.54 bits per heavy atom. The first-order valence-electron chi connectivity index (χ1n) is 7.47. The second kappa shape index (κ2) is 8.93. The van der Waals surface area contributed by atoms with E-state index in [0.29, 0.717) is 5.69 Å². The van der Waals surface area contributed by atoms with Crippen LogP contribution in [0.15, 0.2) is 64.9 Å². The van der Waals surface area contributed by atoms with E-state index in [2.05, 4.69) is 5.32 Å². The predicted octanol–water partition coefficient (Wildman–Crippen LogP) is 4.09. The van der Waals surface area contributed by atoms with Gasteiger partial charge in [-0.1, -0.05) is 36.0 Å². The second-order valence-electron chi connectivity index (χ2n) is 5.19. The number of carbonyl (C=O) groups is 2. The smallest absolute Gasteiger partial charge is 0.331 e. The molecular formula is C19H19NO3S. The van der Waals surface area contributed by atoms with Crippen LogP contribution in [0.4, 0.5) is 5.69 Å². The lowest BCUT2D eigenvalue weighted by molar-refractivity contribution is -0.142. The Balaban J connectivity index is 1.74. The number of aryl methyl sites for hydroxylation is 2. The number of rotatable bonds is 6. The van der Waals surface area contributed by atoms with Crippen molar-refractivity contribution < 1.29 is 14.3 Å². The van der Waals surface area contributed by atoms with Gasteiger partial charge < -0.3 is 10.1 Å². The molecule has 2 aromatic rings. The van der Waals surface area contributed by atoms with Gasteiger partial charge in [-0.3, -0.25) is 4.79 Å². The van der Waals surface area contributed by atoms with Crippen molar-refractivity contribution in [3.05, 3.63) is 71.1 Å². The van der Waals surface area contributed by atoms with Crippen LogP contribution < -0.4 is 5.32 Å². The van der Waals surface area contributed by atoms with Crippen LogP contribution in [0.25, 0.3) is 0 Å². The number of benzene rings is 2. The lowest BCUT2D eigenvalue weighted by Gasteiger charge is -2.07. The molecule has 1 N–H and O–H groups in total. The molecule has 0 heterocycles. The van der Waals surface area contributed by atoms with Crippen LogP contribution in [0.2, 0.25) is 0 Å². The van der Waals surface area contributed by atoms with Crippen LogP contribution in [0.3, 0.4) is 0 Å². The summed E-state index contributed by atoms with van der Waals surface area (Å²) in [5.74, 6) is -0.913. The van der Waals surface area contributed by atoms with Gasteiger partial charge >= 0.3 is 5.97 Å². The Hall–Kier alpha value is -2.53. The summed E-state index contributed by atoms with van der Waals surface area (Å²) >= 11 is 1.41. The molecule has 0 bridgehead atoms. The number of carbonyl (C=O) groups excluding carboxylic acids is 2. The van der Waals surface area contributed by atoms with Crippen molar-refractivity contribution in [3.63, 3.8) is 0 Å². The van der Waals surface area contributed by atoms with E-state index >= 15 is 0 Å². The first-order valence-corrected chi connectivity index (χ1v) is 8.34. The summed E-state index contributed by atoms with van der Waals surface area (Å²) in [7, 11) is 0. The zero-order chi connectivity index (χ0) is 17.4. The first-order chi connectivity index (χ1) is 11.5. The maximum absolute atomic E-state index is 11.8. The van der Waals surface area contributed by atoms with E-state index in [1.54, 1.807) is 5.41 Å². The van der Waals surface area contributed by atoms with E-state index in [1.807, 2.05) is 62.4 Å². The molecule has 2 aromatic carbocycles. The van der Waals surface area contributed by atoms with Gasteiger partial charge in [0.25, 0.3) is 5.91 Å². The molecule has 4 nitrogen and oxygen atoms in total. The number of thioether (sulfide) groups is 1. The van der Waals surface area contributed by atoms with Gasteiger partial charge in [0.05, 0.1) is 0 Å². The van der Waals surface area contributed by atoms with E-state index in [1.165, 1.54) is 17.8 Å². The van der Waals surface area contributed by atoms with Crippen molar-refractivity contribution in [3.8, 4) is 0 Å². The van der Waals surface area contributed by atoms with Crippen molar-refractivity contribution in [2.45, 2.75) is 18.7 Å². The summed E-state index contributed by atoms with van der Waals surface area (Å²) in [5.41, 5.74) is 2.93. The molecule has 0 aromatic heterocycles. The van der Waals surface area contributed by atoms with Gasteiger partial charge in [-0.25, -0.2) is 4.79 Å². The molecule has 0 fully saturated rings. The fourth-order valence-electron chi connectivity index (χ4n) is 1.87. The monoisotopic (exact) mass is 341 g/mol. The number of nitrogens with one attached hydrogen (secondary N) is 1. The topological polar surface area (TPSA) is 55.4 Å². The van der Waals surface area contributed by atoms with Gasteiger partial charge in [-0.05, 0) is 54.6 Å². The molecule has 5 heteroatoms. The van der Waals surface area contributed by atoms with Crippen LogP contribution in [0.1, 0.15) is 11.1 Å². The highest BCUT2D eigenvalue weighted by Gasteiger charge is 2.06. The van der Waals surface area contributed by atoms with Crippen LogP contribution >= 0.6 is 11.8 Å². The summed E-state index contributed by atoms with van der Waals surface area (Å²) in [6, 6.07) is 15.3. The molecule has 0 aliphatic carbocycles. The molecule has 0 aliphatic rings. The Morgan fingerprint density at radius 2 is 1.83 bits per heavy atom. The van der Waals surface area contributed by atoms with Crippen molar-refractivity contribution >= 4 is 29.3 Å². The van der Waals surface area contributed by atoms with E-state index in [4.69, 9.17) is 4.74 Å². The summed E-state index contributed by atoms with van der Waals surface area (Å²) in [6.45, 7) is 3.66.